The van der Waals surface area contributed by atoms with E-state index in [1.165, 1.54) is 0 Å². The fraction of sp³-hybridized carbons (Fsp3) is 0.650. The Hall–Kier alpha value is -1.79. The lowest BCUT2D eigenvalue weighted by Gasteiger charge is -2.31. The molecule has 1 N–H and O–H groups in total. The van der Waals surface area contributed by atoms with Crippen molar-refractivity contribution in [3.05, 3.63) is 23.8 Å². The first-order valence-electron chi connectivity index (χ1n) is 9.39. The molecular formula is C20H33N3O3. The Morgan fingerprint density at radius 2 is 1.96 bits per heavy atom. The van der Waals surface area contributed by atoms with Crippen LogP contribution in [0.2, 0.25) is 0 Å². The Morgan fingerprint density at radius 1 is 1.23 bits per heavy atom. The number of hydrogen-bond donors (Lipinski definition) is 1. The topological polar surface area (TPSA) is 54.0 Å². The highest BCUT2D eigenvalue weighted by Gasteiger charge is 2.25. The number of likely N-dealkylation sites (tertiary alicyclic amines) is 1. The van der Waals surface area contributed by atoms with Crippen molar-refractivity contribution in [3.8, 4) is 11.5 Å². The Balaban J connectivity index is 1.79. The maximum Gasteiger partial charge on any atom is 0.223 e. The van der Waals surface area contributed by atoms with Gasteiger partial charge in [-0.05, 0) is 59.1 Å². The molecule has 1 aromatic carbocycles. The molecule has 0 atom stereocenters. The maximum absolute atomic E-state index is 12.3. The first kappa shape index (κ1) is 20.5. The van der Waals surface area contributed by atoms with Crippen LogP contribution in [0, 0.1) is 5.92 Å². The van der Waals surface area contributed by atoms with Crippen LogP contribution in [-0.2, 0) is 11.3 Å². The third kappa shape index (κ3) is 5.88. The number of amides is 1. The molecule has 2 rings (SSSR count). The van der Waals surface area contributed by atoms with Crippen molar-refractivity contribution in [2.45, 2.75) is 25.8 Å². The normalized spacial score (nSPS) is 15.9. The van der Waals surface area contributed by atoms with Gasteiger partial charge in [-0.25, -0.2) is 0 Å². The van der Waals surface area contributed by atoms with Crippen molar-refractivity contribution in [1.82, 2.24) is 15.1 Å². The van der Waals surface area contributed by atoms with Gasteiger partial charge in [0.05, 0.1) is 14.2 Å². The van der Waals surface area contributed by atoms with Gasteiger partial charge in [0, 0.05) is 24.6 Å². The molecule has 0 saturated carbocycles. The third-order valence-corrected chi connectivity index (χ3v) is 4.92. The van der Waals surface area contributed by atoms with Crippen molar-refractivity contribution in [2.24, 2.45) is 5.92 Å². The molecule has 1 aliphatic rings. The van der Waals surface area contributed by atoms with Crippen molar-refractivity contribution in [3.63, 3.8) is 0 Å². The predicted molar refractivity (Wildman–Crippen MR) is 104 cm³/mol. The van der Waals surface area contributed by atoms with E-state index >= 15 is 0 Å². The predicted octanol–water partition coefficient (Wildman–Crippen LogP) is 1.98. The van der Waals surface area contributed by atoms with Gasteiger partial charge in [0.25, 0.3) is 0 Å². The summed E-state index contributed by atoms with van der Waals surface area (Å²) in [7, 11) is 7.43. The summed E-state index contributed by atoms with van der Waals surface area (Å²) in [6.45, 7) is 4.43. The summed E-state index contributed by atoms with van der Waals surface area (Å²) in [4.78, 5) is 16.8. The molecule has 1 saturated heterocycles. The number of carbonyl (C=O) groups is 1. The minimum atomic E-state index is 0.137. The lowest BCUT2D eigenvalue weighted by atomic mass is 9.95. The van der Waals surface area contributed by atoms with Gasteiger partial charge >= 0.3 is 0 Å². The number of piperidine rings is 1. The van der Waals surface area contributed by atoms with Crippen LogP contribution in [0.4, 0.5) is 0 Å². The summed E-state index contributed by atoms with van der Waals surface area (Å²) in [5, 5.41) is 3.08. The largest absolute Gasteiger partial charge is 0.493 e. The second-order valence-electron chi connectivity index (χ2n) is 7.15. The SMILES string of the molecule is COc1cccc(CN2CCC(C(=O)NCCCN(C)C)CC2)c1OC. The number of hydrogen-bond acceptors (Lipinski definition) is 5. The Morgan fingerprint density at radius 3 is 2.58 bits per heavy atom. The minimum Gasteiger partial charge on any atom is -0.493 e. The quantitative estimate of drug-likeness (QED) is 0.680. The van der Waals surface area contributed by atoms with Gasteiger partial charge in [-0.15, -0.1) is 0 Å². The molecule has 0 bridgehead atoms. The Kier molecular flexibility index (Phi) is 8.19. The van der Waals surface area contributed by atoms with E-state index in [0.29, 0.717) is 0 Å². The van der Waals surface area contributed by atoms with Crippen LogP contribution in [0.1, 0.15) is 24.8 Å². The van der Waals surface area contributed by atoms with E-state index in [1.54, 1.807) is 14.2 Å². The van der Waals surface area contributed by atoms with Gasteiger partial charge in [0.2, 0.25) is 5.91 Å². The smallest absolute Gasteiger partial charge is 0.223 e. The van der Waals surface area contributed by atoms with E-state index in [1.807, 2.05) is 12.1 Å². The monoisotopic (exact) mass is 363 g/mol. The summed E-state index contributed by atoms with van der Waals surface area (Å²) in [6.07, 6.45) is 2.81. The van der Waals surface area contributed by atoms with Crippen molar-refractivity contribution >= 4 is 5.91 Å². The highest BCUT2D eigenvalue weighted by molar-refractivity contribution is 5.78. The molecule has 0 spiro atoms. The zero-order valence-corrected chi connectivity index (χ0v) is 16.6. The zero-order valence-electron chi connectivity index (χ0n) is 16.6. The highest BCUT2D eigenvalue weighted by atomic mass is 16.5. The first-order valence-corrected chi connectivity index (χ1v) is 9.39. The Labute approximate surface area is 157 Å². The van der Waals surface area contributed by atoms with Crippen molar-refractivity contribution in [2.75, 3.05) is 54.5 Å². The van der Waals surface area contributed by atoms with E-state index in [9.17, 15) is 4.79 Å². The summed E-state index contributed by atoms with van der Waals surface area (Å²) in [5.74, 6) is 1.91. The van der Waals surface area contributed by atoms with E-state index in [0.717, 1.165) is 69.0 Å². The van der Waals surface area contributed by atoms with Gasteiger partial charge in [-0.3, -0.25) is 9.69 Å². The number of para-hydroxylation sites is 1. The van der Waals surface area contributed by atoms with E-state index in [-0.39, 0.29) is 11.8 Å². The number of nitrogens with one attached hydrogen (secondary N) is 1. The number of rotatable bonds is 9. The number of ether oxygens (including phenoxy) is 2. The van der Waals surface area contributed by atoms with Crippen LogP contribution in [0.15, 0.2) is 18.2 Å². The summed E-state index contributed by atoms with van der Waals surface area (Å²) in [6, 6.07) is 5.98. The molecule has 1 heterocycles. The molecule has 0 radical (unpaired) electrons. The first-order chi connectivity index (χ1) is 12.5. The summed E-state index contributed by atoms with van der Waals surface area (Å²) >= 11 is 0. The fourth-order valence-electron chi connectivity index (χ4n) is 3.42. The number of carbonyl (C=O) groups excluding carboxylic acids is 1. The van der Waals surface area contributed by atoms with Crippen molar-refractivity contribution < 1.29 is 14.3 Å². The van der Waals surface area contributed by atoms with Gasteiger partial charge in [-0.2, -0.15) is 0 Å². The second kappa shape index (κ2) is 10.4. The molecule has 1 fully saturated rings. The molecule has 6 heteroatoms. The summed E-state index contributed by atoms with van der Waals surface area (Å²) in [5.41, 5.74) is 1.12. The van der Waals surface area contributed by atoms with Crippen LogP contribution >= 0.6 is 0 Å². The minimum absolute atomic E-state index is 0.137. The zero-order chi connectivity index (χ0) is 18.9. The van der Waals surface area contributed by atoms with E-state index in [4.69, 9.17) is 9.47 Å². The van der Waals surface area contributed by atoms with Gasteiger partial charge in [0.15, 0.2) is 11.5 Å². The molecule has 1 amide bonds. The highest BCUT2D eigenvalue weighted by Crippen LogP contribution is 2.32. The average molecular weight is 364 g/mol. The molecule has 26 heavy (non-hydrogen) atoms. The molecular weight excluding hydrogens is 330 g/mol. The lowest BCUT2D eigenvalue weighted by molar-refractivity contribution is -0.126. The molecule has 1 aromatic rings. The summed E-state index contributed by atoms with van der Waals surface area (Å²) < 4.78 is 10.9. The van der Waals surface area contributed by atoms with Gasteiger partial charge in [0.1, 0.15) is 0 Å². The van der Waals surface area contributed by atoms with Crippen LogP contribution in [0.25, 0.3) is 0 Å². The van der Waals surface area contributed by atoms with Crippen LogP contribution in [0.5, 0.6) is 11.5 Å². The number of benzene rings is 1. The fourth-order valence-corrected chi connectivity index (χ4v) is 3.42. The molecule has 0 aromatic heterocycles. The van der Waals surface area contributed by atoms with E-state index < -0.39 is 0 Å². The van der Waals surface area contributed by atoms with Gasteiger partial charge < -0.3 is 19.7 Å². The average Bonchev–Trinajstić information content (AvgIpc) is 2.65. The van der Waals surface area contributed by atoms with E-state index in [2.05, 4.69) is 35.3 Å². The third-order valence-electron chi connectivity index (χ3n) is 4.92. The molecule has 6 nitrogen and oxygen atoms in total. The molecule has 1 aliphatic heterocycles. The maximum atomic E-state index is 12.3. The van der Waals surface area contributed by atoms with Crippen LogP contribution < -0.4 is 14.8 Å². The lowest BCUT2D eigenvalue weighted by Crippen LogP contribution is -2.40. The molecule has 0 unspecified atom stereocenters. The Bertz CT molecular complexity index is 569. The van der Waals surface area contributed by atoms with Crippen LogP contribution in [0.3, 0.4) is 0 Å². The van der Waals surface area contributed by atoms with Crippen molar-refractivity contribution in [1.29, 1.82) is 0 Å². The standard InChI is InChI=1S/C20H33N3O3/c1-22(2)12-6-11-21-20(24)16-9-13-23(14-10-16)15-17-7-5-8-18(25-3)19(17)26-4/h5,7-8,16H,6,9-15H2,1-4H3,(H,21,24). The number of nitrogens with zero attached hydrogens (tertiary/aromatic N) is 2. The second-order valence-corrected chi connectivity index (χ2v) is 7.15. The molecule has 146 valence electrons. The van der Waals surface area contributed by atoms with Gasteiger partial charge in [-0.1, -0.05) is 12.1 Å². The molecule has 0 aliphatic carbocycles. The number of methoxy groups -OCH3 is 2. The van der Waals surface area contributed by atoms with Crippen LogP contribution in [-0.4, -0.2) is 70.2 Å².